The highest BCUT2D eigenvalue weighted by atomic mass is 31.2. The molecule has 0 aromatic heterocycles. The normalized spacial score (nSPS) is 14.3. The molecule has 12 nitrogen and oxygen atoms in total. The van der Waals surface area contributed by atoms with Crippen molar-refractivity contribution in [1.82, 2.24) is 0 Å². The van der Waals surface area contributed by atoms with E-state index in [4.69, 9.17) is 24.8 Å². The zero-order valence-corrected chi connectivity index (χ0v) is 34.4. The third-order valence-electron chi connectivity index (χ3n) is 8.23. The lowest BCUT2D eigenvalue weighted by Gasteiger charge is -2.20. The highest BCUT2D eigenvalue weighted by Crippen LogP contribution is 2.43. The molecular formula is C42H70NO11P. The summed E-state index contributed by atoms with van der Waals surface area (Å²) in [4.78, 5) is 57.6. The Labute approximate surface area is 330 Å². The maximum absolute atomic E-state index is 12.6. The number of allylic oxidation sites excluding steroid dienone is 10. The van der Waals surface area contributed by atoms with Crippen molar-refractivity contribution < 1.29 is 52.3 Å². The second kappa shape index (κ2) is 36.5. The van der Waals surface area contributed by atoms with Gasteiger partial charge >= 0.3 is 25.7 Å². The van der Waals surface area contributed by atoms with Crippen LogP contribution in [0.2, 0.25) is 0 Å². The molecule has 0 aliphatic heterocycles. The Balaban J connectivity index is 4.51. The second-order valence-electron chi connectivity index (χ2n) is 13.4. The topological polar surface area (TPSA) is 189 Å². The van der Waals surface area contributed by atoms with Gasteiger partial charge in [0.15, 0.2) is 11.9 Å². The summed E-state index contributed by atoms with van der Waals surface area (Å²) >= 11 is 0. The third-order valence-corrected chi connectivity index (χ3v) is 9.18. The van der Waals surface area contributed by atoms with E-state index < -0.39 is 51.1 Å². The number of ketones is 1. The molecule has 0 amide bonds. The number of rotatable bonds is 37. The molecular weight excluding hydrogens is 725 g/mol. The lowest BCUT2D eigenvalue weighted by atomic mass is 10.1. The largest absolute Gasteiger partial charge is 0.480 e. The standard InChI is InChI=1S/C42H70NO11P/c1-3-5-7-8-9-10-11-12-13-14-15-18-22-25-29-33-41(46)54-38(35-52-55(49,50)53-36-39(43)42(47)48)34-51-40(45)32-28-24-21-19-16-17-20-23-27-31-37(44)30-26-6-4-2/h5,7,9-10,12-13,20,23,27,31,38-39H,3-4,6,8,11,14-19,21-22,24-26,28-30,32-36,43H2,1-2H3,(H,47,48)(H,49,50)/b7-5-,10-9-,13-12-,23-20-,31-27+/t38-,39+/m1/s1. The van der Waals surface area contributed by atoms with E-state index in [1.807, 2.05) is 12.2 Å². The molecule has 0 aromatic rings. The highest BCUT2D eigenvalue weighted by Gasteiger charge is 2.28. The predicted octanol–water partition coefficient (Wildman–Crippen LogP) is 9.57. The van der Waals surface area contributed by atoms with Crippen LogP contribution in [0.15, 0.2) is 60.8 Å². The lowest BCUT2D eigenvalue weighted by molar-refractivity contribution is -0.161. The number of esters is 2. The number of carboxylic acids is 1. The van der Waals surface area contributed by atoms with Crippen LogP contribution in [0, 0.1) is 0 Å². The molecule has 0 fully saturated rings. The number of phosphoric acid groups is 1. The third kappa shape index (κ3) is 36.3. The number of hydrogen-bond acceptors (Lipinski definition) is 10. The van der Waals surface area contributed by atoms with Crippen LogP contribution in [-0.4, -0.2) is 65.7 Å². The highest BCUT2D eigenvalue weighted by molar-refractivity contribution is 7.47. The molecule has 0 spiro atoms. The Morgan fingerprint density at radius 2 is 1.18 bits per heavy atom. The number of nitrogens with two attached hydrogens (primary N) is 1. The predicted molar refractivity (Wildman–Crippen MR) is 217 cm³/mol. The quantitative estimate of drug-likeness (QED) is 0.0135. The molecule has 0 radical (unpaired) electrons. The Kier molecular flexibility index (Phi) is 34.4. The van der Waals surface area contributed by atoms with Crippen LogP contribution in [0.25, 0.3) is 0 Å². The van der Waals surface area contributed by atoms with E-state index in [1.165, 1.54) is 0 Å². The van der Waals surface area contributed by atoms with Crippen molar-refractivity contribution >= 4 is 31.5 Å². The maximum atomic E-state index is 12.6. The number of aliphatic carboxylic acids is 1. The molecule has 3 atom stereocenters. The summed E-state index contributed by atoms with van der Waals surface area (Å²) in [6, 6.07) is -1.54. The zero-order valence-electron chi connectivity index (χ0n) is 33.5. The van der Waals surface area contributed by atoms with Crippen molar-refractivity contribution in [2.24, 2.45) is 5.73 Å². The van der Waals surface area contributed by atoms with E-state index in [0.29, 0.717) is 19.3 Å². The van der Waals surface area contributed by atoms with E-state index in [-0.39, 0.29) is 25.2 Å². The van der Waals surface area contributed by atoms with Crippen LogP contribution in [0.3, 0.4) is 0 Å². The number of carboxylic acid groups (broad SMARTS) is 1. The molecule has 0 bridgehead atoms. The molecule has 55 heavy (non-hydrogen) atoms. The van der Waals surface area contributed by atoms with Gasteiger partial charge in [0.05, 0.1) is 13.2 Å². The zero-order chi connectivity index (χ0) is 40.8. The first-order valence-corrected chi connectivity index (χ1v) is 21.8. The molecule has 0 aliphatic carbocycles. The van der Waals surface area contributed by atoms with Gasteiger partial charge in [0.2, 0.25) is 0 Å². The SMILES string of the molecule is CC/C=C\C/C=C\C/C=C\CCCCCCCC(=O)O[C@H](COC(=O)CCCCCCC/C=C\C=C\C(=O)CCCCC)COP(=O)(O)OC[C@H](N)C(=O)O. The minimum absolute atomic E-state index is 0.121. The molecule has 314 valence electrons. The number of hydrogen-bond donors (Lipinski definition) is 3. The Morgan fingerprint density at radius 3 is 1.82 bits per heavy atom. The summed E-state index contributed by atoms with van der Waals surface area (Å²) in [5.74, 6) is -2.32. The van der Waals surface area contributed by atoms with E-state index in [1.54, 1.807) is 12.2 Å². The van der Waals surface area contributed by atoms with E-state index in [9.17, 15) is 28.6 Å². The molecule has 0 aliphatic rings. The fraction of sp³-hybridized carbons (Fsp3) is 0.667. The number of carbonyl (C=O) groups is 4. The molecule has 1 unspecified atom stereocenters. The summed E-state index contributed by atoms with van der Waals surface area (Å²) in [5.41, 5.74) is 5.32. The number of carbonyl (C=O) groups excluding carboxylic acids is 3. The minimum Gasteiger partial charge on any atom is -0.480 e. The first-order chi connectivity index (χ1) is 26.5. The summed E-state index contributed by atoms with van der Waals surface area (Å²) in [6.45, 7) is 2.45. The summed E-state index contributed by atoms with van der Waals surface area (Å²) in [6.07, 6.45) is 37.0. The second-order valence-corrected chi connectivity index (χ2v) is 14.9. The van der Waals surface area contributed by atoms with Crippen LogP contribution in [0.1, 0.15) is 149 Å². The average Bonchev–Trinajstić information content (AvgIpc) is 3.15. The fourth-order valence-electron chi connectivity index (χ4n) is 5.00. The van der Waals surface area contributed by atoms with Gasteiger partial charge in [-0.25, -0.2) is 4.57 Å². The van der Waals surface area contributed by atoms with Crippen LogP contribution in [0.5, 0.6) is 0 Å². The molecule has 0 heterocycles. The van der Waals surface area contributed by atoms with Crippen LogP contribution >= 0.6 is 7.82 Å². The van der Waals surface area contributed by atoms with Gasteiger partial charge in [-0.3, -0.25) is 28.2 Å². The van der Waals surface area contributed by atoms with Crippen molar-refractivity contribution in [3.63, 3.8) is 0 Å². The van der Waals surface area contributed by atoms with Gasteiger partial charge in [0, 0.05) is 19.3 Å². The molecule has 0 saturated carbocycles. The average molecular weight is 796 g/mol. The summed E-state index contributed by atoms with van der Waals surface area (Å²) < 4.78 is 32.5. The Bertz CT molecular complexity index is 1230. The summed E-state index contributed by atoms with van der Waals surface area (Å²) in [7, 11) is -4.74. The van der Waals surface area contributed by atoms with Crippen molar-refractivity contribution in [3.8, 4) is 0 Å². The first-order valence-electron chi connectivity index (χ1n) is 20.3. The van der Waals surface area contributed by atoms with Gasteiger partial charge < -0.3 is 25.2 Å². The van der Waals surface area contributed by atoms with Crippen LogP contribution in [-0.2, 0) is 42.3 Å². The number of unbranched alkanes of at least 4 members (excludes halogenated alkanes) is 12. The maximum Gasteiger partial charge on any atom is 0.472 e. The minimum atomic E-state index is -4.74. The molecule has 4 N–H and O–H groups in total. The van der Waals surface area contributed by atoms with Crippen molar-refractivity contribution in [2.45, 2.75) is 161 Å². The van der Waals surface area contributed by atoms with E-state index in [0.717, 1.165) is 103 Å². The van der Waals surface area contributed by atoms with Crippen LogP contribution in [0.4, 0.5) is 0 Å². The van der Waals surface area contributed by atoms with Gasteiger partial charge in [-0.05, 0) is 70.3 Å². The van der Waals surface area contributed by atoms with Crippen molar-refractivity contribution in [2.75, 3.05) is 19.8 Å². The van der Waals surface area contributed by atoms with Gasteiger partial charge in [0.1, 0.15) is 12.6 Å². The van der Waals surface area contributed by atoms with Gasteiger partial charge in [-0.1, -0.05) is 120 Å². The number of ether oxygens (including phenoxy) is 2. The smallest absolute Gasteiger partial charge is 0.472 e. The Hall–Kier alpha value is -3.15. The monoisotopic (exact) mass is 795 g/mol. The van der Waals surface area contributed by atoms with Crippen LogP contribution < -0.4 is 5.73 Å². The van der Waals surface area contributed by atoms with Gasteiger partial charge in [-0.15, -0.1) is 0 Å². The molecule has 0 aromatic carbocycles. The molecule has 0 rings (SSSR count). The Morgan fingerprint density at radius 1 is 0.636 bits per heavy atom. The van der Waals surface area contributed by atoms with Crippen molar-refractivity contribution in [1.29, 1.82) is 0 Å². The summed E-state index contributed by atoms with van der Waals surface area (Å²) in [5, 5.41) is 8.87. The van der Waals surface area contributed by atoms with E-state index >= 15 is 0 Å². The number of phosphoric ester groups is 1. The van der Waals surface area contributed by atoms with E-state index in [2.05, 4.69) is 54.8 Å². The molecule has 0 saturated heterocycles. The lowest BCUT2D eigenvalue weighted by Crippen LogP contribution is -2.34. The van der Waals surface area contributed by atoms with Gasteiger partial charge in [-0.2, -0.15) is 0 Å². The first kappa shape index (κ1) is 51.9. The fourth-order valence-corrected chi connectivity index (χ4v) is 5.78. The van der Waals surface area contributed by atoms with Crippen molar-refractivity contribution in [3.05, 3.63) is 60.8 Å². The molecule has 13 heteroatoms. The van der Waals surface area contributed by atoms with Gasteiger partial charge in [0.25, 0.3) is 0 Å².